The summed E-state index contributed by atoms with van der Waals surface area (Å²) in [5, 5.41) is 6.25. The van der Waals surface area contributed by atoms with Gasteiger partial charge < -0.3 is 10.6 Å². The van der Waals surface area contributed by atoms with Crippen LogP contribution in [0.1, 0.15) is 44.2 Å². The molecule has 0 radical (unpaired) electrons. The molecular weight excluding hydrogens is 362 g/mol. The van der Waals surface area contributed by atoms with E-state index in [9.17, 15) is 13.2 Å². The molecule has 1 fully saturated rings. The van der Waals surface area contributed by atoms with E-state index in [4.69, 9.17) is 0 Å². The molecule has 0 saturated carbocycles. The van der Waals surface area contributed by atoms with Gasteiger partial charge in [-0.3, -0.25) is 4.79 Å². The van der Waals surface area contributed by atoms with E-state index in [1.807, 2.05) is 26.0 Å². The summed E-state index contributed by atoms with van der Waals surface area (Å²) < 4.78 is 27.5. The van der Waals surface area contributed by atoms with Gasteiger partial charge in [-0.25, -0.2) is 8.42 Å². The van der Waals surface area contributed by atoms with E-state index in [0.29, 0.717) is 37.4 Å². The predicted molar refractivity (Wildman–Crippen MR) is 106 cm³/mol. The van der Waals surface area contributed by atoms with Crippen LogP contribution in [-0.2, 0) is 27.7 Å². The molecule has 1 heterocycles. The molecule has 1 aromatic carbocycles. The first-order valence-electron chi connectivity index (χ1n) is 10.0. The fourth-order valence-electron chi connectivity index (χ4n) is 4.03. The lowest BCUT2D eigenvalue weighted by Crippen LogP contribution is -2.45. The van der Waals surface area contributed by atoms with E-state index >= 15 is 0 Å². The van der Waals surface area contributed by atoms with Gasteiger partial charge in [-0.2, -0.15) is 4.31 Å². The Hall–Kier alpha value is -1.44. The average Bonchev–Trinajstić information content (AvgIpc) is 3.14. The third-order valence-electron chi connectivity index (χ3n) is 5.67. The molecule has 1 aromatic rings. The molecular formula is C20H31N3O3S. The molecule has 1 aliphatic carbocycles. The van der Waals surface area contributed by atoms with Crippen LogP contribution < -0.4 is 10.6 Å². The maximum Gasteiger partial charge on any atom is 0.243 e. The van der Waals surface area contributed by atoms with Gasteiger partial charge in [0.15, 0.2) is 0 Å². The quantitative estimate of drug-likeness (QED) is 0.739. The van der Waals surface area contributed by atoms with Gasteiger partial charge in [-0.1, -0.05) is 13.0 Å². The van der Waals surface area contributed by atoms with Crippen molar-refractivity contribution in [2.24, 2.45) is 5.92 Å². The number of carbonyl (C=O) groups is 1. The van der Waals surface area contributed by atoms with Gasteiger partial charge in [-0.05, 0) is 68.8 Å². The molecule has 0 aromatic heterocycles. The average molecular weight is 394 g/mol. The standard InChI is InChI=1S/C20H31N3O3S/c1-3-21-15(2)14-22-20(24)17-9-11-23(12-10-17)27(25,26)19-8-7-16-5-4-6-18(16)13-19/h7-8,13,15,17,21H,3-6,9-12,14H2,1-2H3,(H,22,24)/t15-/m1/s1. The van der Waals surface area contributed by atoms with Crippen LogP contribution in [0.3, 0.4) is 0 Å². The Kier molecular flexibility index (Phi) is 6.55. The minimum Gasteiger partial charge on any atom is -0.354 e. The molecule has 0 unspecified atom stereocenters. The number of piperidine rings is 1. The van der Waals surface area contributed by atoms with Crippen LogP contribution in [0.5, 0.6) is 0 Å². The number of rotatable bonds is 7. The number of hydrogen-bond acceptors (Lipinski definition) is 4. The predicted octanol–water partition coefficient (Wildman–Crippen LogP) is 1.69. The number of carbonyl (C=O) groups excluding carboxylic acids is 1. The van der Waals surface area contributed by atoms with Crippen LogP contribution in [0.2, 0.25) is 0 Å². The van der Waals surface area contributed by atoms with E-state index in [2.05, 4.69) is 10.6 Å². The first-order chi connectivity index (χ1) is 12.9. The largest absolute Gasteiger partial charge is 0.354 e. The highest BCUT2D eigenvalue weighted by Crippen LogP contribution is 2.28. The molecule has 2 aliphatic rings. The zero-order valence-electron chi connectivity index (χ0n) is 16.3. The molecule has 1 aliphatic heterocycles. The van der Waals surface area contributed by atoms with Crippen LogP contribution in [-0.4, -0.2) is 50.9 Å². The van der Waals surface area contributed by atoms with Crippen molar-refractivity contribution in [1.29, 1.82) is 0 Å². The normalized spacial score (nSPS) is 19.6. The van der Waals surface area contributed by atoms with Crippen LogP contribution in [0, 0.1) is 5.92 Å². The van der Waals surface area contributed by atoms with Crippen molar-refractivity contribution in [1.82, 2.24) is 14.9 Å². The number of nitrogens with one attached hydrogen (secondary N) is 2. The van der Waals surface area contributed by atoms with Crippen LogP contribution in [0.15, 0.2) is 23.1 Å². The monoisotopic (exact) mass is 393 g/mol. The Balaban J connectivity index is 1.56. The van der Waals surface area contributed by atoms with Crippen molar-refractivity contribution < 1.29 is 13.2 Å². The zero-order chi connectivity index (χ0) is 19.4. The lowest BCUT2D eigenvalue weighted by molar-refractivity contribution is -0.126. The molecule has 27 heavy (non-hydrogen) atoms. The SMILES string of the molecule is CCN[C@H](C)CNC(=O)C1CCN(S(=O)(=O)c2ccc3c(c2)CCC3)CC1. The van der Waals surface area contributed by atoms with E-state index in [0.717, 1.165) is 25.8 Å². The number of sulfonamides is 1. The second-order valence-electron chi connectivity index (χ2n) is 7.67. The summed E-state index contributed by atoms with van der Waals surface area (Å²) in [5.74, 6) is -0.0698. The molecule has 6 nitrogen and oxygen atoms in total. The lowest BCUT2D eigenvalue weighted by Gasteiger charge is -2.31. The Labute approximate surface area is 162 Å². The Morgan fingerprint density at radius 2 is 1.93 bits per heavy atom. The summed E-state index contributed by atoms with van der Waals surface area (Å²) in [5.41, 5.74) is 2.44. The van der Waals surface area contributed by atoms with Gasteiger partial charge in [0.05, 0.1) is 4.90 Å². The molecule has 1 saturated heterocycles. The highest BCUT2D eigenvalue weighted by Gasteiger charge is 2.32. The number of benzene rings is 1. The number of hydrogen-bond donors (Lipinski definition) is 2. The molecule has 1 amide bonds. The lowest BCUT2D eigenvalue weighted by atomic mass is 9.97. The third-order valence-corrected chi connectivity index (χ3v) is 7.56. The van der Waals surface area contributed by atoms with E-state index in [1.165, 1.54) is 15.4 Å². The molecule has 0 spiro atoms. The van der Waals surface area contributed by atoms with Crippen molar-refractivity contribution in [2.45, 2.75) is 56.9 Å². The number of likely N-dealkylation sites (N-methyl/N-ethyl adjacent to an activating group) is 1. The maximum absolute atomic E-state index is 13.0. The van der Waals surface area contributed by atoms with E-state index in [1.54, 1.807) is 6.07 Å². The molecule has 150 valence electrons. The highest BCUT2D eigenvalue weighted by atomic mass is 32.2. The van der Waals surface area contributed by atoms with Gasteiger partial charge in [0, 0.05) is 31.6 Å². The van der Waals surface area contributed by atoms with Gasteiger partial charge in [0.1, 0.15) is 0 Å². The van der Waals surface area contributed by atoms with Crippen LogP contribution >= 0.6 is 0 Å². The number of amides is 1. The fourth-order valence-corrected chi connectivity index (χ4v) is 5.56. The fraction of sp³-hybridized carbons (Fsp3) is 0.650. The molecule has 3 rings (SSSR count). The van der Waals surface area contributed by atoms with Crippen molar-refractivity contribution in [3.8, 4) is 0 Å². The summed E-state index contributed by atoms with van der Waals surface area (Å²) in [7, 11) is -3.47. The highest BCUT2D eigenvalue weighted by molar-refractivity contribution is 7.89. The summed E-state index contributed by atoms with van der Waals surface area (Å²) in [6.07, 6.45) is 4.26. The number of aryl methyl sites for hydroxylation is 2. The van der Waals surface area contributed by atoms with Crippen molar-refractivity contribution in [3.63, 3.8) is 0 Å². The minimum absolute atomic E-state index is 0.0364. The Bertz CT molecular complexity index is 771. The molecule has 1 atom stereocenters. The minimum atomic E-state index is -3.47. The zero-order valence-corrected chi connectivity index (χ0v) is 17.1. The van der Waals surface area contributed by atoms with Gasteiger partial charge in [0.2, 0.25) is 15.9 Å². The maximum atomic E-state index is 13.0. The second-order valence-corrected chi connectivity index (χ2v) is 9.60. The molecule has 7 heteroatoms. The third kappa shape index (κ3) is 4.70. The van der Waals surface area contributed by atoms with Gasteiger partial charge >= 0.3 is 0 Å². The molecule has 0 bridgehead atoms. The van der Waals surface area contributed by atoms with Crippen LogP contribution in [0.4, 0.5) is 0 Å². The first-order valence-corrected chi connectivity index (χ1v) is 11.5. The van der Waals surface area contributed by atoms with Crippen molar-refractivity contribution in [3.05, 3.63) is 29.3 Å². The summed E-state index contributed by atoms with van der Waals surface area (Å²) >= 11 is 0. The van der Waals surface area contributed by atoms with E-state index in [-0.39, 0.29) is 17.9 Å². The second kappa shape index (κ2) is 8.71. The number of nitrogens with zero attached hydrogens (tertiary/aromatic N) is 1. The first kappa shape index (κ1) is 20.3. The number of fused-ring (bicyclic) bond motifs is 1. The summed E-state index contributed by atoms with van der Waals surface area (Å²) in [6, 6.07) is 5.78. The Morgan fingerprint density at radius 3 is 2.63 bits per heavy atom. The van der Waals surface area contributed by atoms with E-state index < -0.39 is 10.0 Å². The van der Waals surface area contributed by atoms with Crippen LogP contribution in [0.25, 0.3) is 0 Å². The smallest absolute Gasteiger partial charge is 0.243 e. The van der Waals surface area contributed by atoms with Crippen molar-refractivity contribution in [2.75, 3.05) is 26.2 Å². The Morgan fingerprint density at radius 1 is 1.22 bits per heavy atom. The van der Waals surface area contributed by atoms with Gasteiger partial charge in [0.25, 0.3) is 0 Å². The summed E-state index contributed by atoms with van der Waals surface area (Å²) in [6.45, 7) is 6.35. The molecule has 2 N–H and O–H groups in total. The summed E-state index contributed by atoms with van der Waals surface area (Å²) in [4.78, 5) is 12.7. The van der Waals surface area contributed by atoms with Crippen molar-refractivity contribution >= 4 is 15.9 Å². The van der Waals surface area contributed by atoms with Gasteiger partial charge in [-0.15, -0.1) is 0 Å². The topological polar surface area (TPSA) is 78.5 Å².